The van der Waals surface area contributed by atoms with Gasteiger partial charge in [0.25, 0.3) is 0 Å². The van der Waals surface area contributed by atoms with Gasteiger partial charge in [-0.2, -0.15) is 0 Å². The van der Waals surface area contributed by atoms with E-state index in [4.69, 9.17) is 10.5 Å². The van der Waals surface area contributed by atoms with Crippen LogP contribution in [-0.2, 0) is 4.74 Å². The molecule has 1 aromatic rings. The van der Waals surface area contributed by atoms with Crippen molar-refractivity contribution in [1.29, 1.82) is 0 Å². The first-order valence-electron chi connectivity index (χ1n) is 4.58. The quantitative estimate of drug-likeness (QED) is 0.631. The molecule has 0 saturated heterocycles. The maximum absolute atomic E-state index is 11.7. The molecular weight excluding hydrogens is 258 g/mol. The van der Waals surface area contributed by atoms with Crippen molar-refractivity contribution >= 4 is 27.6 Å². The number of carbonyl (C=O) groups is 1. The van der Waals surface area contributed by atoms with Crippen molar-refractivity contribution < 1.29 is 9.53 Å². The number of anilines is 1. The predicted molar refractivity (Wildman–Crippen MR) is 63.7 cm³/mol. The summed E-state index contributed by atoms with van der Waals surface area (Å²) in [5.41, 5.74) is 6.02. The summed E-state index contributed by atoms with van der Waals surface area (Å²) in [5.74, 6) is -0.396. The summed E-state index contributed by atoms with van der Waals surface area (Å²) in [4.78, 5) is 11.7. The van der Waals surface area contributed by atoms with Crippen LogP contribution < -0.4 is 5.73 Å². The third-order valence-electron chi connectivity index (χ3n) is 1.63. The van der Waals surface area contributed by atoms with E-state index in [9.17, 15) is 4.79 Å². The predicted octanol–water partition coefficient (Wildman–Crippen LogP) is 2.99. The summed E-state index contributed by atoms with van der Waals surface area (Å²) in [6, 6.07) is 5.09. The van der Waals surface area contributed by atoms with E-state index >= 15 is 0 Å². The highest BCUT2D eigenvalue weighted by Crippen LogP contribution is 2.21. The number of hydrogen-bond donors (Lipinski definition) is 1. The summed E-state index contributed by atoms with van der Waals surface area (Å²) in [7, 11) is 0. The molecule has 0 heterocycles. The largest absolute Gasteiger partial charge is 0.456 e. The number of nitrogen functional groups attached to an aromatic ring is 1. The van der Waals surface area contributed by atoms with Crippen molar-refractivity contribution in [2.75, 3.05) is 5.73 Å². The van der Waals surface area contributed by atoms with Gasteiger partial charge in [0.15, 0.2) is 0 Å². The number of carbonyl (C=O) groups excluding carboxylic acids is 1. The fraction of sp³-hybridized carbons (Fsp3) is 0.364. The standard InChI is InChI=1S/C11H14BrNO2/c1-11(2,3)15-10(14)8-5-4-7(12)6-9(8)13/h4-6H,13H2,1-3H3. The molecule has 0 amide bonds. The van der Waals surface area contributed by atoms with E-state index in [1.807, 2.05) is 20.8 Å². The van der Waals surface area contributed by atoms with E-state index in [-0.39, 0.29) is 0 Å². The Hall–Kier alpha value is -1.03. The fourth-order valence-corrected chi connectivity index (χ4v) is 1.43. The zero-order valence-electron chi connectivity index (χ0n) is 9.00. The van der Waals surface area contributed by atoms with Crippen molar-refractivity contribution in [3.8, 4) is 0 Å². The van der Waals surface area contributed by atoms with E-state index in [1.165, 1.54) is 0 Å². The van der Waals surface area contributed by atoms with Gasteiger partial charge in [0.1, 0.15) is 5.60 Å². The van der Waals surface area contributed by atoms with Gasteiger partial charge in [-0.25, -0.2) is 4.79 Å². The number of nitrogens with two attached hydrogens (primary N) is 1. The number of benzene rings is 1. The molecule has 15 heavy (non-hydrogen) atoms. The molecule has 0 bridgehead atoms. The summed E-state index contributed by atoms with van der Waals surface area (Å²) < 4.78 is 6.05. The first-order valence-corrected chi connectivity index (χ1v) is 5.37. The van der Waals surface area contributed by atoms with Crippen molar-refractivity contribution in [3.63, 3.8) is 0 Å². The first kappa shape index (κ1) is 12.0. The van der Waals surface area contributed by atoms with Gasteiger partial charge >= 0.3 is 5.97 Å². The maximum Gasteiger partial charge on any atom is 0.340 e. The molecule has 82 valence electrons. The Kier molecular flexibility index (Phi) is 3.39. The molecular formula is C11H14BrNO2. The monoisotopic (exact) mass is 271 g/mol. The lowest BCUT2D eigenvalue weighted by molar-refractivity contribution is 0.00708. The van der Waals surface area contributed by atoms with Gasteiger partial charge in [0, 0.05) is 10.2 Å². The highest BCUT2D eigenvalue weighted by molar-refractivity contribution is 9.10. The second kappa shape index (κ2) is 4.23. The second-order valence-corrected chi connectivity index (χ2v) is 5.15. The smallest absolute Gasteiger partial charge is 0.340 e. The van der Waals surface area contributed by atoms with Gasteiger partial charge in [-0.15, -0.1) is 0 Å². The molecule has 0 aliphatic rings. The summed E-state index contributed by atoms with van der Waals surface area (Å²) in [6.07, 6.45) is 0. The summed E-state index contributed by atoms with van der Waals surface area (Å²) in [5, 5.41) is 0. The van der Waals surface area contributed by atoms with E-state index < -0.39 is 11.6 Å². The lowest BCUT2D eigenvalue weighted by Gasteiger charge is -2.20. The van der Waals surface area contributed by atoms with Crippen LogP contribution >= 0.6 is 15.9 Å². The highest BCUT2D eigenvalue weighted by atomic mass is 79.9. The van der Waals surface area contributed by atoms with Crippen LogP contribution in [0.1, 0.15) is 31.1 Å². The third-order valence-corrected chi connectivity index (χ3v) is 2.13. The van der Waals surface area contributed by atoms with Crippen LogP contribution in [0.25, 0.3) is 0 Å². The van der Waals surface area contributed by atoms with Crippen LogP contribution in [0, 0.1) is 0 Å². The molecule has 0 radical (unpaired) electrons. The fourth-order valence-electron chi connectivity index (χ4n) is 1.05. The SMILES string of the molecule is CC(C)(C)OC(=O)c1ccc(Br)cc1N. The van der Waals surface area contributed by atoms with Crippen molar-refractivity contribution in [1.82, 2.24) is 0 Å². The Labute approximate surface area is 97.7 Å². The molecule has 1 aromatic carbocycles. The van der Waals surface area contributed by atoms with Crippen LogP contribution in [0.4, 0.5) is 5.69 Å². The molecule has 0 atom stereocenters. The lowest BCUT2D eigenvalue weighted by Crippen LogP contribution is -2.24. The van der Waals surface area contributed by atoms with Crippen molar-refractivity contribution in [3.05, 3.63) is 28.2 Å². The minimum Gasteiger partial charge on any atom is -0.456 e. The minimum atomic E-state index is -0.503. The average molecular weight is 272 g/mol. The maximum atomic E-state index is 11.7. The average Bonchev–Trinajstić information content (AvgIpc) is 1.99. The highest BCUT2D eigenvalue weighted by Gasteiger charge is 2.19. The van der Waals surface area contributed by atoms with Gasteiger partial charge in [-0.05, 0) is 39.0 Å². The number of halogens is 1. The lowest BCUT2D eigenvalue weighted by atomic mass is 10.1. The zero-order chi connectivity index (χ0) is 11.6. The Morgan fingerprint density at radius 1 is 1.40 bits per heavy atom. The van der Waals surface area contributed by atoms with Gasteiger partial charge in [0.05, 0.1) is 5.56 Å². The molecule has 0 fully saturated rings. The molecule has 0 spiro atoms. The van der Waals surface area contributed by atoms with E-state index in [0.717, 1.165) is 4.47 Å². The Morgan fingerprint density at radius 2 is 2.00 bits per heavy atom. The van der Waals surface area contributed by atoms with Crippen LogP contribution in [0.2, 0.25) is 0 Å². The van der Waals surface area contributed by atoms with E-state index in [1.54, 1.807) is 18.2 Å². The van der Waals surface area contributed by atoms with E-state index in [2.05, 4.69) is 15.9 Å². The van der Waals surface area contributed by atoms with Crippen molar-refractivity contribution in [2.45, 2.75) is 26.4 Å². The van der Waals surface area contributed by atoms with E-state index in [0.29, 0.717) is 11.3 Å². The van der Waals surface area contributed by atoms with Crippen LogP contribution in [0.15, 0.2) is 22.7 Å². The van der Waals surface area contributed by atoms with Crippen LogP contribution in [0.3, 0.4) is 0 Å². The normalized spacial score (nSPS) is 11.2. The third kappa shape index (κ3) is 3.55. The zero-order valence-corrected chi connectivity index (χ0v) is 10.6. The molecule has 2 N–H and O–H groups in total. The molecule has 0 unspecified atom stereocenters. The molecule has 0 aromatic heterocycles. The van der Waals surface area contributed by atoms with Gasteiger partial charge in [0.2, 0.25) is 0 Å². The Balaban J connectivity index is 2.92. The van der Waals surface area contributed by atoms with Gasteiger partial charge in [-0.1, -0.05) is 15.9 Å². The summed E-state index contributed by atoms with van der Waals surface area (Å²) in [6.45, 7) is 5.46. The molecule has 0 saturated carbocycles. The Morgan fingerprint density at radius 3 is 2.47 bits per heavy atom. The molecule has 0 aliphatic heterocycles. The van der Waals surface area contributed by atoms with Crippen LogP contribution in [-0.4, -0.2) is 11.6 Å². The number of hydrogen-bond acceptors (Lipinski definition) is 3. The van der Waals surface area contributed by atoms with Crippen LogP contribution in [0.5, 0.6) is 0 Å². The first-order chi connectivity index (χ1) is 6.79. The molecule has 0 aliphatic carbocycles. The topological polar surface area (TPSA) is 52.3 Å². The summed E-state index contributed by atoms with van der Waals surface area (Å²) >= 11 is 3.27. The molecule has 4 heteroatoms. The number of rotatable bonds is 1. The molecule has 1 rings (SSSR count). The van der Waals surface area contributed by atoms with Gasteiger partial charge in [-0.3, -0.25) is 0 Å². The number of esters is 1. The van der Waals surface area contributed by atoms with Gasteiger partial charge < -0.3 is 10.5 Å². The second-order valence-electron chi connectivity index (χ2n) is 4.23. The minimum absolute atomic E-state index is 0.396. The number of ether oxygens (including phenoxy) is 1. The Bertz CT molecular complexity index is 383. The van der Waals surface area contributed by atoms with Crippen molar-refractivity contribution in [2.24, 2.45) is 0 Å². The molecule has 3 nitrogen and oxygen atoms in total.